The Bertz CT molecular complexity index is 531. The van der Waals surface area contributed by atoms with Crippen molar-refractivity contribution < 1.29 is 28.5 Å². The van der Waals surface area contributed by atoms with E-state index in [1.54, 1.807) is 0 Å². The molecule has 23 heavy (non-hydrogen) atoms. The summed E-state index contributed by atoms with van der Waals surface area (Å²) in [6.07, 6.45) is -2.11. The van der Waals surface area contributed by atoms with Crippen molar-refractivity contribution in [2.45, 2.75) is 56.9 Å². The Morgan fingerprint density at radius 1 is 1.17 bits per heavy atom. The van der Waals surface area contributed by atoms with E-state index in [2.05, 4.69) is 0 Å². The van der Waals surface area contributed by atoms with Crippen molar-refractivity contribution in [3.05, 3.63) is 35.9 Å². The molecule has 0 radical (unpaired) electrons. The van der Waals surface area contributed by atoms with Crippen LogP contribution in [0.5, 0.6) is 0 Å². The number of aldehydes is 1. The maximum atomic E-state index is 11.4. The number of rotatable bonds is 5. The van der Waals surface area contributed by atoms with Crippen LogP contribution < -0.4 is 0 Å². The number of hydrogen-bond acceptors (Lipinski definition) is 6. The van der Waals surface area contributed by atoms with Gasteiger partial charge in [-0.1, -0.05) is 30.3 Å². The van der Waals surface area contributed by atoms with Gasteiger partial charge in [0.05, 0.1) is 6.61 Å². The average Bonchev–Trinajstić information content (AvgIpc) is 2.88. The molecule has 2 saturated heterocycles. The molecular weight excluding hydrogens is 300 g/mol. The van der Waals surface area contributed by atoms with Crippen LogP contribution in [0.2, 0.25) is 0 Å². The van der Waals surface area contributed by atoms with Crippen LogP contribution in [-0.2, 0) is 35.1 Å². The highest BCUT2D eigenvalue weighted by molar-refractivity contribution is 5.58. The van der Waals surface area contributed by atoms with Crippen LogP contribution >= 0.6 is 0 Å². The molecule has 126 valence electrons. The van der Waals surface area contributed by atoms with Gasteiger partial charge >= 0.3 is 0 Å². The second-order valence-corrected chi connectivity index (χ2v) is 6.17. The van der Waals surface area contributed by atoms with E-state index in [1.807, 2.05) is 44.2 Å². The molecular formula is C17H22O6. The van der Waals surface area contributed by atoms with E-state index in [0.717, 1.165) is 11.8 Å². The molecule has 0 aliphatic carbocycles. The third-order valence-corrected chi connectivity index (χ3v) is 4.02. The van der Waals surface area contributed by atoms with Crippen molar-refractivity contribution in [1.29, 1.82) is 0 Å². The van der Waals surface area contributed by atoms with Crippen LogP contribution in [-0.4, -0.2) is 49.9 Å². The van der Waals surface area contributed by atoms with Crippen LogP contribution in [0.1, 0.15) is 19.4 Å². The second kappa shape index (κ2) is 6.67. The minimum absolute atomic E-state index is 0.365. The first-order valence-electron chi connectivity index (χ1n) is 7.69. The standard InChI is InChI=1S/C17H22O6/c1-17(2)22-14-13(20-10-11-7-5-4-6-8-11)12(9-18)21-16(19-3)15(14)23-17/h4-9,12-16H,10H2,1-3H3/t12?,13-,14?,15?,16+/m1/s1. The Morgan fingerprint density at radius 3 is 2.52 bits per heavy atom. The predicted octanol–water partition coefficient (Wildman–Crippen LogP) is 1.66. The Morgan fingerprint density at radius 2 is 1.87 bits per heavy atom. The van der Waals surface area contributed by atoms with Crippen molar-refractivity contribution in [1.82, 2.24) is 0 Å². The smallest absolute Gasteiger partial charge is 0.187 e. The second-order valence-electron chi connectivity index (χ2n) is 6.17. The summed E-state index contributed by atoms with van der Waals surface area (Å²) in [4.78, 5) is 11.4. The normalized spacial score (nSPS) is 35.7. The molecule has 2 aliphatic rings. The molecule has 2 aliphatic heterocycles. The van der Waals surface area contributed by atoms with E-state index in [4.69, 9.17) is 23.7 Å². The molecule has 3 rings (SSSR count). The minimum Gasteiger partial charge on any atom is -0.368 e. The fraction of sp³-hybridized carbons (Fsp3) is 0.588. The zero-order valence-corrected chi connectivity index (χ0v) is 13.5. The maximum Gasteiger partial charge on any atom is 0.187 e. The number of carbonyl (C=O) groups is 1. The van der Waals surface area contributed by atoms with E-state index < -0.39 is 36.5 Å². The first-order valence-corrected chi connectivity index (χ1v) is 7.69. The molecule has 6 heteroatoms. The van der Waals surface area contributed by atoms with Crippen LogP contribution in [0.15, 0.2) is 30.3 Å². The maximum absolute atomic E-state index is 11.4. The molecule has 0 bridgehead atoms. The zero-order valence-electron chi connectivity index (χ0n) is 13.5. The molecule has 1 aromatic rings. The van der Waals surface area contributed by atoms with Crippen molar-refractivity contribution >= 4 is 6.29 Å². The monoisotopic (exact) mass is 322 g/mol. The van der Waals surface area contributed by atoms with Crippen LogP contribution in [0.3, 0.4) is 0 Å². The number of methoxy groups -OCH3 is 1. The summed E-state index contributed by atoms with van der Waals surface area (Å²) in [5, 5.41) is 0. The molecule has 2 heterocycles. The molecule has 3 unspecified atom stereocenters. The number of benzene rings is 1. The molecule has 0 aromatic heterocycles. The predicted molar refractivity (Wildman–Crippen MR) is 80.6 cm³/mol. The quantitative estimate of drug-likeness (QED) is 0.768. The van der Waals surface area contributed by atoms with Crippen molar-refractivity contribution in [2.24, 2.45) is 0 Å². The first-order chi connectivity index (χ1) is 11.0. The lowest BCUT2D eigenvalue weighted by atomic mass is 9.99. The summed E-state index contributed by atoms with van der Waals surface area (Å²) in [6, 6.07) is 9.75. The van der Waals surface area contributed by atoms with Gasteiger partial charge in [0.2, 0.25) is 0 Å². The Labute approximate surface area is 135 Å². The van der Waals surface area contributed by atoms with Gasteiger partial charge in [0.1, 0.15) is 24.4 Å². The van der Waals surface area contributed by atoms with Gasteiger partial charge in [0, 0.05) is 7.11 Å². The van der Waals surface area contributed by atoms with E-state index in [0.29, 0.717) is 6.61 Å². The molecule has 0 spiro atoms. The Kier molecular flexibility index (Phi) is 4.79. The molecule has 0 amide bonds. The fourth-order valence-electron chi connectivity index (χ4n) is 3.03. The van der Waals surface area contributed by atoms with Gasteiger partial charge < -0.3 is 28.5 Å². The summed E-state index contributed by atoms with van der Waals surface area (Å²) < 4.78 is 28.7. The third-order valence-electron chi connectivity index (χ3n) is 4.02. The molecule has 0 N–H and O–H groups in total. The SMILES string of the molecule is CO[C@H]1OC(C=O)[C@@H](OCc2ccccc2)C2OC(C)(C)OC21. The van der Waals surface area contributed by atoms with Crippen molar-refractivity contribution in [2.75, 3.05) is 7.11 Å². The fourth-order valence-corrected chi connectivity index (χ4v) is 3.03. The van der Waals surface area contributed by atoms with E-state index in [-0.39, 0.29) is 0 Å². The van der Waals surface area contributed by atoms with Gasteiger partial charge in [-0.05, 0) is 19.4 Å². The molecule has 1 aromatic carbocycles. The van der Waals surface area contributed by atoms with Gasteiger partial charge in [-0.15, -0.1) is 0 Å². The highest BCUT2D eigenvalue weighted by atomic mass is 16.8. The van der Waals surface area contributed by atoms with Gasteiger partial charge in [0.15, 0.2) is 18.4 Å². The number of ether oxygens (including phenoxy) is 5. The summed E-state index contributed by atoms with van der Waals surface area (Å²) in [6.45, 7) is 4.01. The number of carbonyl (C=O) groups excluding carboxylic acids is 1. The molecule has 2 fully saturated rings. The summed E-state index contributed by atoms with van der Waals surface area (Å²) in [7, 11) is 1.52. The van der Waals surface area contributed by atoms with Crippen molar-refractivity contribution in [3.63, 3.8) is 0 Å². The van der Waals surface area contributed by atoms with Crippen LogP contribution in [0.25, 0.3) is 0 Å². The third kappa shape index (κ3) is 3.46. The number of fused-ring (bicyclic) bond motifs is 1. The van der Waals surface area contributed by atoms with Crippen molar-refractivity contribution in [3.8, 4) is 0 Å². The summed E-state index contributed by atoms with van der Waals surface area (Å²) in [5.41, 5.74) is 1.01. The van der Waals surface area contributed by atoms with E-state index >= 15 is 0 Å². The highest BCUT2D eigenvalue weighted by Gasteiger charge is 2.56. The van der Waals surface area contributed by atoms with Gasteiger partial charge in [-0.25, -0.2) is 0 Å². The van der Waals surface area contributed by atoms with E-state index in [1.165, 1.54) is 7.11 Å². The molecule has 5 atom stereocenters. The molecule has 0 saturated carbocycles. The lowest BCUT2D eigenvalue weighted by Gasteiger charge is -2.39. The number of hydrogen-bond donors (Lipinski definition) is 0. The first kappa shape index (κ1) is 16.5. The Balaban J connectivity index is 1.77. The summed E-state index contributed by atoms with van der Waals surface area (Å²) >= 11 is 0. The van der Waals surface area contributed by atoms with Gasteiger partial charge in [-0.2, -0.15) is 0 Å². The lowest BCUT2D eigenvalue weighted by molar-refractivity contribution is -0.266. The van der Waals surface area contributed by atoms with Crippen LogP contribution in [0.4, 0.5) is 0 Å². The summed E-state index contributed by atoms with van der Waals surface area (Å²) in [5.74, 6) is -0.776. The van der Waals surface area contributed by atoms with E-state index in [9.17, 15) is 4.79 Å². The minimum atomic E-state index is -0.776. The largest absolute Gasteiger partial charge is 0.368 e. The molecule has 6 nitrogen and oxygen atoms in total. The topological polar surface area (TPSA) is 63.2 Å². The average molecular weight is 322 g/mol. The highest BCUT2D eigenvalue weighted by Crippen LogP contribution is 2.38. The Hall–Kier alpha value is -1.31. The van der Waals surface area contributed by atoms with Gasteiger partial charge in [0.25, 0.3) is 0 Å². The lowest BCUT2D eigenvalue weighted by Crippen LogP contribution is -2.58. The van der Waals surface area contributed by atoms with Crippen LogP contribution in [0, 0.1) is 0 Å². The zero-order chi connectivity index (χ0) is 16.4. The van der Waals surface area contributed by atoms with Gasteiger partial charge in [-0.3, -0.25) is 0 Å².